The van der Waals surface area contributed by atoms with Crippen molar-refractivity contribution in [3.05, 3.63) is 72.6 Å². The van der Waals surface area contributed by atoms with Crippen LogP contribution < -0.4 is 14.5 Å². The van der Waals surface area contributed by atoms with Gasteiger partial charge in [-0.3, -0.25) is 14.5 Å². The number of sulfonamides is 1. The molecule has 1 amide bonds. The van der Waals surface area contributed by atoms with E-state index in [4.69, 9.17) is 4.98 Å². The number of carbonyl (C=O) groups excluding carboxylic acids is 1. The van der Waals surface area contributed by atoms with E-state index in [0.717, 1.165) is 78.7 Å². The number of hydrogen-bond donors (Lipinski definition) is 1. The summed E-state index contributed by atoms with van der Waals surface area (Å²) in [7, 11) is 0.0826. The van der Waals surface area contributed by atoms with Crippen molar-refractivity contribution in [3.8, 4) is 11.1 Å². The molecule has 1 saturated heterocycles. The quantitative estimate of drug-likeness (QED) is 0.384. The highest BCUT2D eigenvalue weighted by Gasteiger charge is 2.59. The maximum absolute atomic E-state index is 13.4. The Bertz CT molecular complexity index is 1790. The SMILES string of the molecule is CN1CCCN(c2ncc(-c3ccc4ncc5c(c4c3)C3(CC3)C(=O)N5C)cc2NS(=O)(=O)c2ccccc2)CC1. The Hall–Kier alpha value is -4.02. The second-order valence-corrected chi connectivity index (χ2v) is 13.0. The molecule has 0 atom stereocenters. The number of likely N-dealkylation sites (N-methyl/N-ethyl adjacent to an activating group) is 2. The predicted molar refractivity (Wildman–Crippen MR) is 161 cm³/mol. The van der Waals surface area contributed by atoms with Crippen molar-refractivity contribution >= 4 is 44.0 Å². The van der Waals surface area contributed by atoms with Crippen molar-refractivity contribution in [1.82, 2.24) is 14.9 Å². The van der Waals surface area contributed by atoms with Crippen LogP contribution in [0.25, 0.3) is 22.0 Å². The molecule has 2 aromatic heterocycles. The first-order valence-corrected chi connectivity index (χ1v) is 15.5. The zero-order chi connectivity index (χ0) is 28.4. The van der Waals surface area contributed by atoms with Gasteiger partial charge < -0.3 is 14.7 Å². The van der Waals surface area contributed by atoms with E-state index >= 15 is 0 Å². The third-order valence-electron chi connectivity index (χ3n) is 8.67. The number of benzene rings is 2. The molecule has 3 aliphatic rings. The normalized spacial score (nSPS) is 18.5. The number of anilines is 3. The van der Waals surface area contributed by atoms with Crippen LogP contribution in [0, 0.1) is 0 Å². The summed E-state index contributed by atoms with van der Waals surface area (Å²) in [5, 5.41) is 0.959. The fourth-order valence-electron chi connectivity index (χ4n) is 6.25. The van der Waals surface area contributed by atoms with Gasteiger partial charge in [0.15, 0.2) is 5.82 Å². The van der Waals surface area contributed by atoms with E-state index in [-0.39, 0.29) is 10.8 Å². The molecular formula is C31H32N6O3S. The smallest absolute Gasteiger partial charge is 0.262 e. The standard InChI is InChI=1S/C31H32N6O3S/c1-35-13-6-14-37(16-15-35)29-26(34-41(39,40)23-7-4-3-5-8-23)18-22(19-33-29)21-9-10-25-24(17-21)28-27(20-32-25)36(2)30(38)31(28)11-12-31/h3-5,7-10,17-20,34H,6,11-16H2,1-2H3. The second kappa shape index (κ2) is 9.53. The topological polar surface area (TPSA) is 98.7 Å². The average molecular weight is 569 g/mol. The van der Waals surface area contributed by atoms with Gasteiger partial charge in [0.25, 0.3) is 10.0 Å². The van der Waals surface area contributed by atoms with E-state index < -0.39 is 15.4 Å². The van der Waals surface area contributed by atoms with Gasteiger partial charge >= 0.3 is 0 Å². The van der Waals surface area contributed by atoms with Crippen LogP contribution in [0.1, 0.15) is 24.8 Å². The van der Waals surface area contributed by atoms with E-state index in [1.54, 1.807) is 41.4 Å². The lowest BCUT2D eigenvalue weighted by molar-refractivity contribution is -0.119. The molecule has 2 aromatic carbocycles. The molecule has 4 aromatic rings. The molecule has 1 aliphatic carbocycles. The van der Waals surface area contributed by atoms with Gasteiger partial charge in [-0.25, -0.2) is 13.4 Å². The first-order chi connectivity index (χ1) is 19.8. The third-order valence-corrected chi connectivity index (χ3v) is 10.1. The minimum Gasteiger partial charge on any atom is -0.354 e. The number of fused-ring (bicyclic) bond motifs is 4. The van der Waals surface area contributed by atoms with E-state index in [0.29, 0.717) is 11.5 Å². The number of aromatic nitrogens is 2. The zero-order valence-electron chi connectivity index (χ0n) is 23.2. The van der Waals surface area contributed by atoms with Gasteiger partial charge in [0.05, 0.1) is 33.4 Å². The van der Waals surface area contributed by atoms with E-state index in [1.165, 1.54) is 0 Å². The molecule has 2 aliphatic heterocycles. The summed E-state index contributed by atoms with van der Waals surface area (Å²) in [5.41, 5.74) is 4.44. The van der Waals surface area contributed by atoms with Crippen LogP contribution in [0.5, 0.6) is 0 Å². The third kappa shape index (κ3) is 4.33. The predicted octanol–water partition coefficient (Wildman–Crippen LogP) is 4.25. The van der Waals surface area contributed by atoms with Crippen LogP contribution in [0.2, 0.25) is 0 Å². The number of nitrogens with one attached hydrogen (secondary N) is 1. The van der Waals surface area contributed by atoms with Crippen molar-refractivity contribution in [1.29, 1.82) is 0 Å². The average Bonchev–Trinajstić information content (AvgIpc) is 3.78. The van der Waals surface area contributed by atoms with Gasteiger partial charge in [-0.1, -0.05) is 24.3 Å². The lowest BCUT2D eigenvalue weighted by Crippen LogP contribution is -2.30. The summed E-state index contributed by atoms with van der Waals surface area (Å²) >= 11 is 0. The summed E-state index contributed by atoms with van der Waals surface area (Å²) in [6, 6.07) is 16.3. The van der Waals surface area contributed by atoms with E-state index in [1.807, 2.05) is 31.4 Å². The second-order valence-electron chi connectivity index (χ2n) is 11.4. The Balaban J connectivity index is 1.34. The Morgan fingerprint density at radius 3 is 2.46 bits per heavy atom. The number of carbonyl (C=O) groups is 1. The Morgan fingerprint density at radius 2 is 1.68 bits per heavy atom. The molecule has 10 heteroatoms. The molecule has 7 rings (SSSR count). The molecular weight excluding hydrogens is 536 g/mol. The molecule has 0 radical (unpaired) electrons. The van der Waals surface area contributed by atoms with Crippen LogP contribution in [-0.4, -0.2) is 69.5 Å². The molecule has 1 N–H and O–H groups in total. The maximum atomic E-state index is 13.4. The number of rotatable bonds is 5. The van der Waals surface area contributed by atoms with Crippen LogP contribution in [0.3, 0.4) is 0 Å². The zero-order valence-corrected chi connectivity index (χ0v) is 24.0. The molecule has 1 saturated carbocycles. The highest BCUT2D eigenvalue weighted by Crippen LogP contribution is 2.58. The Morgan fingerprint density at radius 1 is 0.878 bits per heavy atom. The minimum atomic E-state index is -3.84. The van der Waals surface area contributed by atoms with E-state index in [9.17, 15) is 13.2 Å². The molecule has 4 heterocycles. The van der Waals surface area contributed by atoms with Gasteiger partial charge in [-0.15, -0.1) is 0 Å². The van der Waals surface area contributed by atoms with Crippen molar-refractivity contribution in [2.24, 2.45) is 0 Å². The van der Waals surface area contributed by atoms with Crippen LogP contribution in [-0.2, 0) is 20.2 Å². The molecule has 1 spiro atoms. The van der Waals surface area contributed by atoms with Crippen LogP contribution in [0.15, 0.2) is 71.9 Å². The van der Waals surface area contributed by atoms with Crippen molar-refractivity contribution in [2.45, 2.75) is 29.6 Å². The highest BCUT2D eigenvalue weighted by atomic mass is 32.2. The Kier molecular flexibility index (Phi) is 6.02. The van der Waals surface area contributed by atoms with Gasteiger partial charge in [-0.2, -0.15) is 0 Å². The largest absolute Gasteiger partial charge is 0.354 e. The fraction of sp³-hybridized carbons (Fsp3) is 0.323. The van der Waals surface area contributed by atoms with E-state index in [2.05, 4.69) is 32.6 Å². The molecule has 210 valence electrons. The van der Waals surface area contributed by atoms with Crippen molar-refractivity contribution in [2.75, 3.05) is 54.8 Å². The lowest BCUT2D eigenvalue weighted by atomic mass is 9.92. The first kappa shape index (κ1) is 25.9. The van der Waals surface area contributed by atoms with Gasteiger partial charge in [0, 0.05) is 49.4 Å². The summed E-state index contributed by atoms with van der Waals surface area (Å²) in [6.07, 6.45) is 6.26. The summed E-state index contributed by atoms with van der Waals surface area (Å²) in [5.74, 6) is 0.759. The summed E-state index contributed by atoms with van der Waals surface area (Å²) in [6.45, 7) is 3.38. The molecule has 2 fully saturated rings. The van der Waals surface area contributed by atoms with Gasteiger partial charge in [0.1, 0.15) is 0 Å². The number of nitrogens with zero attached hydrogens (tertiary/aromatic N) is 5. The number of pyridine rings is 2. The van der Waals surface area contributed by atoms with Crippen molar-refractivity contribution < 1.29 is 13.2 Å². The maximum Gasteiger partial charge on any atom is 0.262 e. The highest BCUT2D eigenvalue weighted by molar-refractivity contribution is 7.92. The van der Waals surface area contributed by atoms with Gasteiger partial charge in [0.2, 0.25) is 5.91 Å². The summed E-state index contributed by atoms with van der Waals surface area (Å²) in [4.78, 5) is 28.9. The van der Waals surface area contributed by atoms with Gasteiger partial charge in [-0.05, 0) is 68.8 Å². The number of amides is 1. The number of hydrogen-bond acceptors (Lipinski definition) is 7. The molecule has 0 bridgehead atoms. The molecule has 41 heavy (non-hydrogen) atoms. The first-order valence-electron chi connectivity index (χ1n) is 14.0. The molecule has 9 nitrogen and oxygen atoms in total. The fourth-order valence-corrected chi connectivity index (χ4v) is 7.32. The Labute approximate surface area is 239 Å². The van der Waals surface area contributed by atoms with Crippen LogP contribution in [0.4, 0.5) is 17.2 Å². The monoisotopic (exact) mass is 568 g/mol. The minimum absolute atomic E-state index is 0.138. The molecule has 0 unspecified atom stereocenters. The lowest BCUT2D eigenvalue weighted by Gasteiger charge is -2.25. The van der Waals surface area contributed by atoms with Crippen molar-refractivity contribution in [3.63, 3.8) is 0 Å². The summed E-state index contributed by atoms with van der Waals surface area (Å²) < 4.78 is 29.7. The van der Waals surface area contributed by atoms with Crippen LogP contribution >= 0.6 is 0 Å².